The molecule has 1 N–H and O–H groups in total. The summed E-state index contributed by atoms with van der Waals surface area (Å²) in [6.07, 6.45) is 3.94. The molecule has 0 fully saturated rings. The number of halogens is 2. The Labute approximate surface area is 217 Å². The Bertz CT molecular complexity index is 1100. The van der Waals surface area contributed by atoms with E-state index in [2.05, 4.69) is 10.3 Å². The fourth-order valence-electron chi connectivity index (χ4n) is 3.13. The fraction of sp³-hybridized carbons (Fsp3) is 0.250. The van der Waals surface area contributed by atoms with Crippen molar-refractivity contribution in [3.63, 3.8) is 0 Å². The van der Waals surface area contributed by atoms with E-state index in [1.54, 1.807) is 31.0 Å². The number of hydrogen-bond donors (Lipinski definition) is 1. The largest absolute Gasteiger partial charge is 0.497 e. The number of rotatable bonds is 9. The van der Waals surface area contributed by atoms with Crippen LogP contribution in [0.25, 0.3) is 0 Å². The van der Waals surface area contributed by atoms with Crippen molar-refractivity contribution in [2.24, 2.45) is 0 Å². The summed E-state index contributed by atoms with van der Waals surface area (Å²) in [7, 11) is 1.64. The molecular formula is C24H24Cl2N2O2S3. The summed E-state index contributed by atoms with van der Waals surface area (Å²) in [5, 5.41) is 4.31. The molecule has 1 atom stereocenters. The maximum absolute atomic E-state index is 13.6. The van der Waals surface area contributed by atoms with Crippen molar-refractivity contribution in [1.29, 1.82) is 0 Å². The molecule has 0 bridgehead atoms. The maximum atomic E-state index is 13.6. The van der Waals surface area contributed by atoms with Crippen LogP contribution < -0.4 is 10.1 Å². The van der Waals surface area contributed by atoms with Gasteiger partial charge in [0.2, 0.25) is 5.91 Å². The number of ether oxygens (including phenoxy) is 1. The van der Waals surface area contributed by atoms with Crippen LogP contribution in [0.3, 0.4) is 0 Å². The summed E-state index contributed by atoms with van der Waals surface area (Å²) in [5.41, 5.74) is 3.53. The standard InChI is InChI=1S/C24H24Cl2N2O2S3/c1-14-11-20(31-3)21(24(27-14)32-4)28-23(29)22(16-7-10-18(25)19(26)12-16)33-13-15-5-8-17(30-2)9-6-15/h5-12,22H,13H2,1-4H3,(H,28,29). The number of nitrogens with one attached hydrogen (secondary N) is 1. The van der Waals surface area contributed by atoms with Gasteiger partial charge in [-0.05, 0) is 60.9 Å². The zero-order valence-electron chi connectivity index (χ0n) is 18.6. The predicted molar refractivity (Wildman–Crippen MR) is 145 cm³/mol. The van der Waals surface area contributed by atoms with Crippen molar-refractivity contribution in [3.8, 4) is 5.75 Å². The van der Waals surface area contributed by atoms with Crippen LogP contribution in [0.4, 0.5) is 5.69 Å². The molecule has 1 aromatic heterocycles. The quantitative estimate of drug-likeness (QED) is 0.281. The summed E-state index contributed by atoms with van der Waals surface area (Å²) < 4.78 is 5.24. The summed E-state index contributed by atoms with van der Waals surface area (Å²) in [5.74, 6) is 1.30. The van der Waals surface area contributed by atoms with Crippen molar-refractivity contribution < 1.29 is 9.53 Å². The smallest absolute Gasteiger partial charge is 0.242 e. The average molecular weight is 540 g/mol. The average Bonchev–Trinajstić information content (AvgIpc) is 2.82. The van der Waals surface area contributed by atoms with Crippen molar-refractivity contribution in [2.45, 2.75) is 27.8 Å². The minimum atomic E-state index is -0.493. The molecule has 0 aliphatic heterocycles. The summed E-state index contributed by atoms with van der Waals surface area (Å²) >= 11 is 17.0. The molecule has 4 nitrogen and oxygen atoms in total. The Balaban J connectivity index is 1.91. The molecular weight excluding hydrogens is 515 g/mol. The van der Waals surface area contributed by atoms with Crippen LogP contribution >= 0.6 is 58.5 Å². The number of benzene rings is 2. The zero-order chi connectivity index (χ0) is 24.0. The van der Waals surface area contributed by atoms with E-state index in [4.69, 9.17) is 27.9 Å². The molecule has 0 radical (unpaired) electrons. The van der Waals surface area contributed by atoms with Gasteiger partial charge in [-0.2, -0.15) is 0 Å². The highest BCUT2D eigenvalue weighted by Gasteiger charge is 2.25. The van der Waals surface area contributed by atoms with E-state index in [-0.39, 0.29) is 5.91 Å². The molecule has 1 heterocycles. The number of aryl methyl sites for hydroxylation is 1. The summed E-state index contributed by atoms with van der Waals surface area (Å²) in [4.78, 5) is 19.2. The van der Waals surface area contributed by atoms with Gasteiger partial charge in [-0.1, -0.05) is 41.4 Å². The number of anilines is 1. The number of thioether (sulfide) groups is 3. The van der Waals surface area contributed by atoms with Crippen molar-refractivity contribution in [1.82, 2.24) is 4.98 Å². The Morgan fingerprint density at radius 2 is 1.79 bits per heavy atom. The van der Waals surface area contributed by atoms with E-state index < -0.39 is 5.25 Å². The second-order valence-corrected chi connectivity index (χ2v) is 10.6. The monoisotopic (exact) mass is 538 g/mol. The van der Waals surface area contributed by atoms with Crippen LogP contribution in [0.5, 0.6) is 5.75 Å². The molecule has 174 valence electrons. The third-order valence-electron chi connectivity index (χ3n) is 4.80. The van der Waals surface area contributed by atoms with Gasteiger partial charge in [0.25, 0.3) is 0 Å². The first kappa shape index (κ1) is 26.1. The molecule has 3 rings (SSSR count). The van der Waals surface area contributed by atoms with Gasteiger partial charge in [0.1, 0.15) is 16.0 Å². The third kappa shape index (κ3) is 6.76. The Morgan fingerprint density at radius 3 is 2.39 bits per heavy atom. The number of nitrogens with zero attached hydrogens (tertiary/aromatic N) is 1. The SMILES string of the molecule is COc1ccc(CSC(C(=O)Nc2c(SC)cc(C)nc2SC)c2ccc(Cl)c(Cl)c2)cc1. The van der Waals surface area contributed by atoms with E-state index >= 15 is 0 Å². The first-order chi connectivity index (χ1) is 15.9. The highest BCUT2D eigenvalue weighted by Crippen LogP contribution is 2.39. The summed E-state index contributed by atoms with van der Waals surface area (Å²) in [6.45, 7) is 1.95. The van der Waals surface area contributed by atoms with E-state index in [0.29, 0.717) is 15.8 Å². The fourth-order valence-corrected chi connectivity index (χ4v) is 5.84. The lowest BCUT2D eigenvalue weighted by Crippen LogP contribution is -2.20. The van der Waals surface area contributed by atoms with Crippen molar-refractivity contribution in [3.05, 3.63) is 75.4 Å². The number of pyridine rings is 1. The van der Waals surface area contributed by atoms with Gasteiger partial charge >= 0.3 is 0 Å². The lowest BCUT2D eigenvalue weighted by Gasteiger charge is -2.20. The number of amides is 1. The first-order valence-corrected chi connectivity index (χ1v) is 14.2. The maximum Gasteiger partial charge on any atom is 0.242 e. The number of aromatic nitrogens is 1. The van der Waals surface area contributed by atoms with Gasteiger partial charge in [-0.15, -0.1) is 35.3 Å². The second-order valence-electron chi connectivity index (χ2n) is 7.05. The Kier molecular flexibility index (Phi) is 9.70. The van der Waals surface area contributed by atoms with Gasteiger partial charge in [0.15, 0.2) is 0 Å². The molecule has 0 saturated heterocycles. The van der Waals surface area contributed by atoms with Gasteiger partial charge in [-0.3, -0.25) is 4.79 Å². The molecule has 9 heteroatoms. The second kappa shape index (κ2) is 12.3. The number of carbonyl (C=O) groups excluding carboxylic acids is 1. The van der Waals surface area contributed by atoms with E-state index in [0.717, 1.165) is 38.2 Å². The predicted octanol–water partition coefficient (Wildman–Crippen LogP) is 7.76. The molecule has 1 unspecified atom stereocenters. The zero-order valence-corrected chi connectivity index (χ0v) is 22.6. The molecule has 2 aromatic carbocycles. The normalized spacial score (nSPS) is 11.8. The highest BCUT2D eigenvalue weighted by atomic mass is 35.5. The molecule has 0 saturated carbocycles. The number of carbonyl (C=O) groups is 1. The van der Waals surface area contributed by atoms with Crippen LogP contribution in [0, 0.1) is 6.92 Å². The lowest BCUT2D eigenvalue weighted by molar-refractivity contribution is -0.115. The van der Waals surface area contributed by atoms with E-state index in [1.807, 2.05) is 55.8 Å². The third-order valence-corrected chi connectivity index (χ3v) is 8.30. The lowest BCUT2D eigenvalue weighted by atomic mass is 10.1. The number of methoxy groups -OCH3 is 1. The van der Waals surface area contributed by atoms with Crippen LogP contribution in [0.1, 0.15) is 22.1 Å². The minimum absolute atomic E-state index is 0.136. The molecule has 0 spiro atoms. The van der Waals surface area contributed by atoms with Gasteiger partial charge < -0.3 is 10.1 Å². The molecule has 0 aliphatic rings. The van der Waals surface area contributed by atoms with Gasteiger partial charge in [0.05, 0.1) is 22.8 Å². The highest BCUT2D eigenvalue weighted by molar-refractivity contribution is 8.00. The van der Waals surface area contributed by atoms with E-state index in [9.17, 15) is 4.79 Å². The molecule has 1 amide bonds. The van der Waals surface area contributed by atoms with Crippen LogP contribution in [-0.4, -0.2) is 30.5 Å². The molecule has 3 aromatic rings. The first-order valence-electron chi connectivity index (χ1n) is 9.96. The summed E-state index contributed by atoms with van der Waals surface area (Å²) in [6, 6.07) is 15.1. The van der Waals surface area contributed by atoms with Crippen LogP contribution in [-0.2, 0) is 10.5 Å². The molecule has 0 aliphatic carbocycles. The number of hydrogen-bond acceptors (Lipinski definition) is 6. The Morgan fingerprint density at radius 1 is 1.06 bits per heavy atom. The van der Waals surface area contributed by atoms with Gasteiger partial charge in [-0.25, -0.2) is 4.98 Å². The van der Waals surface area contributed by atoms with Crippen LogP contribution in [0.15, 0.2) is 58.5 Å². The van der Waals surface area contributed by atoms with Crippen molar-refractivity contribution in [2.75, 3.05) is 24.9 Å². The van der Waals surface area contributed by atoms with Crippen LogP contribution in [0.2, 0.25) is 10.0 Å². The van der Waals surface area contributed by atoms with Gasteiger partial charge in [0, 0.05) is 16.3 Å². The van der Waals surface area contributed by atoms with E-state index in [1.165, 1.54) is 23.5 Å². The minimum Gasteiger partial charge on any atom is -0.497 e. The molecule has 33 heavy (non-hydrogen) atoms. The Hall–Kier alpha value is -1.51. The topological polar surface area (TPSA) is 51.2 Å². The van der Waals surface area contributed by atoms with Crippen molar-refractivity contribution >= 4 is 70.1 Å².